The largest absolute Gasteiger partial charge is 0.326 e. The number of benzene rings is 2. The van der Waals surface area contributed by atoms with E-state index in [0.717, 1.165) is 5.56 Å². The molecule has 0 aliphatic rings. The summed E-state index contributed by atoms with van der Waals surface area (Å²) in [6, 6.07) is 16.4. The molecule has 0 aliphatic heterocycles. The van der Waals surface area contributed by atoms with Gasteiger partial charge >= 0.3 is 6.03 Å². The molecule has 9 heteroatoms. The highest BCUT2D eigenvalue weighted by molar-refractivity contribution is 5.98. The number of nitrogens with one attached hydrogen (secondary N) is 2. The summed E-state index contributed by atoms with van der Waals surface area (Å²) in [7, 11) is 0. The lowest BCUT2D eigenvalue weighted by atomic mass is 10.1. The Morgan fingerprint density at radius 2 is 1.72 bits per heavy atom. The number of carbonyl (C=O) groups excluding carboxylic acids is 1. The van der Waals surface area contributed by atoms with Gasteiger partial charge in [0.1, 0.15) is 5.82 Å². The van der Waals surface area contributed by atoms with Gasteiger partial charge in [0.15, 0.2) is 5.65 Å². The third-order valence-electron chi connectivity index (χ3n) is 4.70. The van der Waals surface area contributed by atoms with E-state index < -0.39 is 6.03 Å². The predicted octanol–water partition coefficient (Wildman–Crippen LogP) is 4.64. The number of carbonyl (C=O) groups is 1. The van der Waals surface area contributed by atoms with Crippen molar-refractivity contribution in [3.05, 3.63) is 91.3 Å². The molecular formula is C23H16FN7O. The van der Waals surface area contributed by atoms with Gasteiger partial charge in [-0.1, -0.05) is 18.2 Å². The van der Waals surface area contributed by atoms with E-state index in [1.165, 1.54) is 12.1 Å². The number of imidazole rings is 1. The van der Waals surface area contributed by atoms with Crippen LogP contribution in [0.2, 0.25) is 0 Å². The monoisotopic (exact) mass is 425 g/mol. The summed E-state index contributed by atoms with van der Waals surface area (Å²) >= 11 is 0. The Kier molecular flexibility index (Phi) is 4.97. The summed E-state index contributed by atoms with van der Waals surface area (Å²) in [4.78, 5) is 29.8. The van der Waals surface area contributed by atoms with Crippen molar-refractivity contribution in [2.24, 2.45) is 0 Å². The Morgan fingerprint density at radius 3 is 2.53 bits per heavy atom. The number of hydrogen-bond donors (Lipinski definition) is 2. The lowest BCUT2D eigenvalue weighted by Crippen LogP contribution is -2.20. The van der Waals surface area contributed by atoms with Gasteiger partial charge in [-0.15, -0.1) is 0 Å². The molecule has 0 bridgehead atoms. The summed E-state index contributed by atoms with van der Waals surface area (Å²) in [5, 5.41) is 5.37. The van der Waals surface area contributed by atoms with Crippen molar-refractivity contribution in [3.8, 4) is 22.6 Å². The normalized spacial score (nSPS) is 10.8. The maximum Gasteiger partial charge on any atom is 0.326 e. The fourth-order valence-corrected chi connectivity index (χ4v) is 3.30. The van der Waals surface area contributed by atoms with Crippen LogP contribution < -0.4 is 10.6 Å². The summed E-state index contributed by atoms with van der Waals surface area (Å²) in [6.07, 6.45) is 6.59. The first-order valence-electron chi connectivity index (χ1n) is 9.72. The number of para-hydroxylation sites is 1. The molecular weight excluding hydrogens is 409 g/mol. The topological polar surface area (TPSA) is 97.1 Å². The molecule has 0 saturated carbocycles. The third kappa shape index (κ3) is 3.86. The van der Waals surface area contributed by atoms with Crippen molar-refractivity contribution < 1.29 is 9.18 Å². The second-order valence-corrected chi connectivity index (χ2v) is 6.83. The first kappa shape index (κ1) is 19.3. The van der Waals surface area contributed by atoms with Crippen LogP contribution in [0, 0.1) is 5.82 Å². The molecule has 5 rings (SSSR count). The summed E-state index contributed by atoms with van der Waals surface area (Å²) < 4.78 is 15.3. The molecule has 2 aromatic carbocycles. The molecule has 2 amide bonds. The molecule has 156 valence electrons. The smallest absolute Gasteiger partial charge is 0.308 e. The first-order chi connectivity index (χ1) is 15.7. The standard InChI is InChI=1S/C23H16FN7O/c24-16-8-6-15(7-9-16)20-21(31-13-12-25-14-19(31)29-20)18-10-11-26-22(28-18)30-23(32)27-17-4-2-1-3-5-17/h1-14H,(H2,26,27,28,30,32). The number of halogens is 1. The van der Waals surface area contributed by atoms with E-state index in [4.69, 9.17) is 0 Å². The molecule has 3 aromatic heterocycles. The number of anilines is 2. The average molecular weight is 425 g/mol. The Balaban J connectivity index is 1.52. The molecule has 5 aromatic rings. The van der Waals surface area contributed by atoms with E-state index in [0.29, 0.717) is 28.4 Å². The number of nitrogens with zero attached hydrogens (tertiary/aromatic N) is 5. The van der Waals surface area contributed by atoms with Crippen LogP contribution in [0.5, 0.6) is 0 Å². The van der Waals surface area contributed by atoms with Crippen LogP contribution in [0.4, 0.5) is 20.8 Å². The van der Waals surface area contributed by atoms with Gasteiger partial charge in [0.25, 0.3) is 0 Å². The van der Waals surface area contributed by atoms with E-state index in [1.54, 1.807) is 55.1 Å². The van der Waals surface area contributed by atoms with Gasteiger partial charge in [-0.2, -0.15) is 0 Å². The first-order valence-corrected chi connectivity index (χ1v) is 9.72. The molecule has 8 nitrogen and oxygen atoms in total. The van der Waals surface area contributed by atoms with Gasteiger partial charge in [-0.05, 0) is 42.5 Å². The van der Waals surface area contributed by atoms with Gasteiger partial charge in [0.05, 0.1) is 23.3 Å². The minimum Gasteiger partial charge on any atom is -0.308 e. The molecule has 0 aliphatic carbocycles. The van der Waals surface area contributed by atoms with Crippen molar-refractivity contribution in [2.45, 2.75) is 0 Å². The van der Waals surface area contributed by atoms with Crippen molar-refractivity contribution >= 4 is 23.3 Å². The second kappa shape index (κ2) is 8.23. The highest BCUT2D eigenvalue weighted by atomic mass is 19.1. The second-order valence-electron chi connectivity index (χ2n) is 6.83. The van der Waals surface area contributed by atoms with Crippen LogP contribution in [0.15, 0.2) is 85.5 Å². The number of aromatic nitrogens is 5. The Bertz CT molecular complexity index is 1400. The molecule has 0 atom stereocenters. The summed E-state index contributed by atoms with van der Waals surface area (Å²) in [5.74, 6) is -0.205. The highest BCUT2D eigenvalue weighted by Gasteiger charge is 2.18. The Morgan fingerprint density at radius 1 is 0.906 bits per heavy atom. The van der Waals surface area contributed by atoms with Crippen LogP contribution in [0.25, 0.3) is 28.3 Å². The fourth-order valence-electron chi connectivity index (χ4n) is 3.30. The van der Waals surface area contributed by atoms with Crippen molar-refractivity contribution in [3.63, 3.8) is 0 Å². The van der Waals surface area contributed by atoms with E-state index in [1.807, 2.05) is 22.6 Å². The zero-order chi connectivity index (χ0) is 21.9. The van der Waals surface area contributed by atoms with Gasteiger partial charge in [0.2, 0.25) is 5.95 Å². The SMILES string of the molecule is O=C(Nc1ccccc1)Nc1nccc(-c2c(-c3ccc(F)cc3)nc3cnccn23)n1. The molecule has 0 fully saturated rings. The minimum absolute atomic E-state index is 0.130. The quantitative estimate of drug-likeness (QED) is 0.437. The van der Waals surface area contributed by atoms with Gasteiger partial charge < -0.3 is 5.32 Å². The molecule has 2 N–H and O–H groups in total. The zero-order valence-electron chi connectivity index (χ0n) is 16.6. The highest BCUT2D eigenvalue weighted by Crippen LogP contribution is 2.31. The van der Waals surface area contributed by atoms with Gasteiger partial charge in [-0.3, -0.25) is 14.7 Å². The molecule has 3 heterocycles. The lowest BCUT2D eigenvalue weighted by molar-refractivity contribution is 0.262. The maximum atomic E-state index is 13.5. The Hall–Kier alpha value is -4.66. The van der Waals surface area contributed by atoms with Gasteiger partial charge in [-0.25, -0.2) is 24.1 Å². The molecule has 32 heavy (non-hydrogen) atoms. The Labute approximate surface area is 181 Å². The number of rotatable bonds is 4. The summed E-state index contributed by atoms with van der Waals surface area (Å²) in [5.41, 5.74) is 3.79. The molecule has 0 spiro atoms. The van der Waals surface area contributed by atoms with Crippen LogP contribution >= 0.6 is 0 Å². The fraction of sp³-hybridized carbons (Fsp3) is 0. The summed E-state index contributed by atoms with van der Waals surface area (Å²) in [6.45, 7) is 0. The maximum absolute atomic E-state index is 13.5. The van der Waals surface area contributed by atoms with Crippen LogP contribution in [-0.2, 0) is 0 Å². The van der Waals surface area contributed by atoms with Crippen molar-refractivity contribution in [1.29, 1.82) is 0 Å². The zero-order valence-corrected chi connectivity index (χ0v) is 16.6. The van der Waals surface area contributed by atoms with Crippen molar-refractivity contribution in [2.75, 3.05) is 10.6 Å². The number of amides is 2. The van der Waals surface area contributed by atoms with E-state index in [9.17, 15) is 9.18 Å². The van der Waals surface area contributed by atoms with Crippen LogP contribution in [0.3, 0.4) is 0 Å². The van der Waals surface area contributed by atoms with Crippen LogP contribution in [0.1, 0.15) is 0 Å². The number of fused-ring (bicyclic) bond motifs is 1. The number of urea groups is 1. The van der Waals surface area contributed by atoms with Crippen LogP contribution in [-0.4, -0.2) is 30.4 Å². The molecule has 0 saturated heterocycles. The lowest BCUT2D eigenvalue weighted by Gasteiger charge is -2.09. The average Bonchev–Trinajstić information content (AvgIpc) is 3.20. The minimum atomic E-state index is -0.463. The third-order valence-corrected chi connectivity index (χ3v) is 4.70. The molecule has 0 radical (unpaired) electrons. The van der Waals surface area contributed by atoms with E-state index in [2.05, 4.69) is 30.6 Å². The number of hydrogen-bond acceptors (Lipinski definition) is 5. The predicted molar refractivity (Wildman–Crippen MR) is 118 cm³/mol. The molecule has 0 unspecified atom stereocenters. The van der Waals surface area contributed by atoms with E-state index >= 15 is 0 Å². The van der Waals surface area contributed by atoms with Gasteiger partial charge in [0, 0.05) is 29.8 Å². The van der Waals surface area contributed by atoms with E-state index in [-0.39, 0.29) is 11.8 Å². The van der Waals surface area contributed by atoms with Crippen molar-refractivity contribution in [1.82, 2.24) is 24.3 Å².